The van der Waals surface area contributed by atoms with Crippen molar-refractivity contribution in [1.82, 2.24) is 10.6 Å². The second-order valence-corrected chi connectivity index (χ2v) is 4.02. The van der Waals surface area contributed by atoms with Gasteiger partial charge in [-0.15, -0.1) is 0 Å². The summed E-state index contributed by atoms with van der Waals surface area (Å²) in [7, 11) is 3.64. The molecule has 0 radical (unpaired) electrons. The third-order valence-corrected chi connectivity index (χ3v) is 2.65. The number of rotatable bonds is 3. The molecule has 1 atom stereocenters. The van der Waals surface area contributed by atoms with Crippen LogP contribution in [0.3, 0.4) is 0 Å². The Balaban J connectivity index is 2.56. The minimum Gasteiger partial charge on any atom is -0.359 e. The van der Waals surface area contributed by atoms with E-state index in [4.69, 9.17) is 0 Å². The Labute approximate surface area is 98.0 Å². The molecule has 0 heterocycles. The standard InChI is InChI=1S/C13H21N3/c1-10-6-5-7-12(8-10)11(2)9-16-13(14-3)15-4/h5-8,11H,9H2,1-4H3,(H2,14,15,16). The second-order valence-electron chi connectivity index (χ2n) is 4.02. The molecule has 0 amide bonds. The van der Waals surface area contributed by atoms with Gasteiger partial charge >= 0.3 is 0 Å². The van der Waals surface area contributed by atoms with Crippen LogP contribution in [-0.2, 0) is 0 Å². The molecular formula is C13H21N3. The molecule has 2 N–H and O–H groups in total. The van der Waals surface area contributed by atoms with E-state index in [9.17, 15) is 0 Å². The lowest BCUT2D eigenvalue weighted by Crippen LogP contribution is -2.36. The molecule has 1 aromatic rings. The summed E-state index contributed by atoms with van der Waals surface area (Å²) < 4.78 is 0. The van der Waals surface area contributed by atoms with Gasteiger partial charge in [0.2, 0.25) is 0 Å². The first-order valence-corrected chi connectivity index (χ1v) is 5.62. The number of hydrogen-bond donors (Lipinski definition) is 2. The van der Waals surface area contributed by atoms with Crippen LogP contribution in [0.1, 0.15) is 24.0 Å². The van der Waals surface area contributed by atoms with Gasteiger partial charge in [-0.1, -0.05) is 36.8 Å². The van der Waals surface area contributed by atoms with Crippen LogP contribution in [0.4, 0.5) is 0 Å². The summed E-state index contributed by atoms with van der Waals surface area (Å²) in [6.45, 7) is 5.22. The Kier molecular flexibility index (Phi) is 4.83. The van der Waals surface area contributed by atoms with E-state index in [-0.39, 0.29) is 0 Å². The van der Waals surface area contributed by atoms with Crippen molar-refractivity contribution in [3.8, 4) is 0 Å². The van der Waals surface area contributed by atoms with E-state index in [1.807, 2.05) is 7.05 Å². The molecular weight excluding hydrogens is 198 g/mol. The largest absolute Gasteiger partial charge is 0.359 e. The molecule has 3 nitrogen and oxygen atoms in total. The van der Waals surface area contributed by atoms with Gasteiger partial charge in [0.1, 0.15) is 0 Å². The lowest BCUT2D eigenvalue weighted by molar-refractivity contribution is 0.708. The molecule has 16 heavy (non-hydrogen) atoms. The first kappa shape index (κ1) is 12.6. The molecule has 0 spiro atoms. The number of guanidine groups is 1. The smallest absolute Gasteiger partial charge is 0.190 e. The Bertz CT molecular complexity index is 358. The van der Waals surface area contributed by atoms with E-state index in [2.05, 4.69) is 53.7 Å². The molecule has 0 fully saturated rings. The molecule has 1 aromatic carbocycles. The Morgan fingerprint density at radius 2 is 2.19 bits per heavy atom. The molecule has 1 unspecified atom stereocenters. The van der Waals surface area contributed by atoms with Crippen LogP contribution in [0.25, 0.3) is 0 Å². The average Bonchev–Trinajstić information content (AvgIpc) is 2.30. The molecule has 0 saturated carbocycles. The summed E-state index contributed by atoms with van der Waals surface area (Å²) >= 11 is 0. The van der Waals surface area contributed by atoms with Crippen molar-refractivity contribution >= 4 is 5.96 Å². The number of aryl methyl sites for hydroxylation is 1. The zero-order valence-electron chi connectivity index (χ0n) is 10.5. The van der Waals surface area contributed by atoms with Crippen molar-refractivity contribution in [2.24, 2.45) is 4.99 Å². The molecule has 0 aliphatic heterocycles. The third kappa shape index (κ3) is 3.57. The van der Waals surface area contributed by atoms with Crippen molar-refractivity contribution in [2.75, 3.05) is 20.6 Å². The van der Waals surface area contributed by atoms with Crippen LogP contribution >= 0.6 is 0 Å². The quantitative estimate of drug-likeness (QED) is 0.601. The summed E-state index contributed by atoms with van der Waals surface area (Å²) in [6.07, 6.45) is 0. The fraction of sp³-hybridized carbons (Fsp3) is 0.462. The van der Waals surface area contributed by atoms with Gasteiger partial charge in [-0.05, 0) is 18.4 Å². The van der Waals surface area contributed by atoms with Crippen LogP contribution in [0, 0.1) is 6.92 Å². The maximum Gasteiger partial charge on any atom is 0.190 e. The monoisotopic (exact) mass is 219 g/mol. The van der Waals surface area contributed by atoms with Gasteiger partial charge in [0.15, 0.2) is 5.96 Å². The Hall–Kier alpha value is -1.51. The number of benzene rings is 1. The molecule has 0 aliphatic rings. The van der Waals surface area contributed by atoms with Crippen molar-refractivity contribution in [2.45, 2.75) is 19.8 Å². The summed E-state index contributed by atoms with van der Waals surface area (Å²) in [6, 6.07) is 8.63. The van der Waals surface area contributed by atoms with Crippen LogP contribution in [0.2, 0.25) is 0 Å². The highest BCUT2D eigenvalue weighted by molar-refractivity contribution is 5.79. The molecule has 0 bridgehead atoms. The highest BCUT2D eigenvalue weighted by atomic mass is 15.1. The zero-order valence-corrected chi connectivity index (χ0v) is 10.5. The zero-order chi connectivity index (χ0) is 12.0. The van der Waals surface area contributed by atoms with Crippen LogP contribution in [0.15, 0.2) is 29.3 Å². The fourth-order valence-corrected chi connectivity index (χ4v) is 1.62. The van der Waals surface area contributed by atoms with Crippen LogP contribution < -0.4 is 10.6 Å². The van der Waals surface area contributed by atoms with Gasteiger partial charge in [0, 0.05) is 20.6 Å². The lowest BCUT2D eigenvalue weighted by Gasteiger charge is -2.15. The van der Waals surface area contributed by atoms with E-state index < -0.39 is 0 Å². The molecule has 0 saturated heterocycles. The molecule has 0 aliphatic carbocycles. The van der Waals surface area contributed by atoms with Crippen molar-refractivity contribution in [3.05, 3.63) is 35.4 Å². The van der Waals surface area contributed by atoms with Crippen LogP contribution in [-0.4, -0.2) is 26.6 Å². The maximum atomic E-state index is 4.08. The highest BCUT2D eigenvalue weighted by Gasteiger charge is 2.05. The number of hydrogen-bond acceptors (Lipinski definition) is 1. The molecule has 0 aromatic heterocycles. The van der Waals surface area contributed by atoms with Gasteiger partial charge in [-0.25, -0.2) is 0 Å². The van der Waals surface area contributed by atoms with Gasteiger partial charge in [0.05, 0.1) is 0 Å². The summed E-state index contributed by atoms with van der Waals surface area (Å²) in [5.41, 5.74) is 2.67. The maximum absolute atomic E-state index is 4.08. The predicted molar refractivity (Wildman–Crippen MR) is 70.0 cm³/mol. The Morgan fingerprint density at radius 1 is 1.44 bits per heavy atom. The normalized spacial score (nSPS) is 13.4. The van der Waals surface area contributed by atoms with Crippen LogP contribution in [0.5, 0.6) is 0 Å². The van der Waals surface area contributed by atoms with Gasteiger partial charge in [0.25, 0.3) is 0 Å². The minimum absolute atomic E-state index is 0.477. The third-order valence-electron chi connectivity index (χ3n) is 2.65. The van der Waals surface area contributed by atoms with Gasteiger partial charge < -0.3 is 10.6 Å². The minimum atomic E-state index is 0.477. The van der Waals surface area contributed by atoms with Crippen molar-refractivity contribution in [1.29, 1.82) is 0 Å². The first-order valence-electron chi connectivity index (χ1n) is 5.62. The topological polar surface area (TPSA) is 36.4 Å². The van der Waals surface area contributed by atoms with E-state index >= 15 is 0 Å². The highest BCUT2D eigenvalue weighted by Crippen LogP contribution is 2.15. The summed E-state index contributed by atoms with van der Waals surface area (Å²) in [4.78, 5) is 4.08. The van der Waals surface area contributed by atoms with Crippen molar-refractivity contribution in [3.63, 3.8) is 0 Å². The fourth-order valence-electron chi connectivity index (χ4n) is 1.62. The van der Waals surface area contributed by atoms with E-state index in [0.717, 1.165) is 12.5 Å². The van der Waals surface area contributed by atoms with Gasteiger partial charge in [-0.3, -0.25) is 4.99 Å². The van der Waals surface area contributed by atoms with E-state index in [0.29, 0.717) is 5.92 Å². The van der Waals surface area contributed by atoms with Gasteiger partial charge in [-0.2, -0.15) is 0 Å². The molecule has 1 rings (SSSR count). The molecule has 88 valence electrons. The first-order chi connectivity index (χ1) is 7.67. The summed E-state index contributed by atoms with van der Waals surface area (Å²) in [5, 5.41) is 6.28. The predicted octanol–water partition coefficient (Wildman–Crippen LogP) is 1.89. The average molecular weight is 219 g/mol. The number of nitrogens with zero attached hydrogens (tertiary/aromatic N) is 1. The van der Waals surface area contributed by atoms with Crippen molar-refractivity contribution < 1.29 is 0 Å². The summed E-state index contributed by atoms with van der Waals surface area (Å²) in [5.74, 6) is 1.31. The lowest BCUT2D eigenvalue weighted by atomic mass is 9.99. The SMILES string of the molecule is CN=C(NC)NCC(C)c1cccc(C)c1. The second kappa shape index (κ2) is 6.16. The van der Waals surface area contributed by atoms with E-state index in [1.165, 1.54) is 11.1 Å². The molecule has 3 heteroatoms. The number of nitrogens with one attached hydrogen (secondary N) is 2. The van der Waals surface area contributed by atoms with E-state index in [1.54, 1.807) is 7.05 Å². The number of aliphatic imine (C=N–C) groups is 1. The Morgan fingerprint density at radius 3 is 2.75 bits per heavy atom.